The van der Waals surface area contributed by atoms with E-state index < -0.39 is 0 Å². The predicted octanol–water partition coefficient (Wildman–Crippen LogP) is 5.67. The maximum atomic E-state index is 13.5. The molecule has 43 heavy (non-hydrogen) atoms. The molecule has 2 aliphatic heterocycles. The lowest BCUT2D eigenvalue weighted by Crippen LogP contribution is -2.38. The summed E-state index contributed by atoms with van der Waals surface area (Å²) in [6, 6.07) is 24.6. The molecule has 0 aliphatic carbocycles. The number of fused-ring (bicyclic) bond motifs is 1. The second-order valence-corrected chi connectivity index (χ2v) is 11.4. The highest BCUT2D eigenvalue weighted by atomic mass is 16.8. The van der Waals surface area contributed by atoms with Crippen LogP contribution in [0.2, 0.25) is 0 Å². The second-order valence-electron chi connectivity index (χ2n) is 11.4. The van der Waals surface area contributed by atoms with Gasteiger partial charge in [-0.1, -0.05) is 72.8 Å². The van der Waals surface area contributed by atoms with Gasteiger partial charge in [0.2, 0.25) is 5.91 Å². The molecule has 2 atom stereocenters. The van der Waals surface area contributed by atoms with E-state index in [9.17, 15) is 9.59 Å². The molecule has 3 aromatic carbocycles. The summed E-state index contributed by atoms with van der Waals surface area (Å²) >= 11 is 0. The van der Waals surface area contributed by atoms with Gasteiger partial charge in [-0.25, -0.2) is 10.3 Å². The van der Waals surface area contributed by atoms with E-state index in [-0.39, 0.29) is 30.8 Å². The van der Waals surface area contributed by atoms with Crippen LogP contribution in [0.4, 0.5) is 0 Å². The van der Waals surface area contributed by atoms with E-state index >= 15 is 0 Å². The lowest BCUT2D eigenvalue weighted by molar-refractivity contribution is -0.200. The summed E-state index contributed by atoms with van der Waals surface area (Å²) in [6.45, 7) is 3.49. The molecule has 8 nitrogen and oxygen atoms in total. The van der Waals surface area contributed by atoms with Crippen molar-refractivity contribution in [2.75, 3.05) is 26.3 Å². The number of nitrogens with one attached hydrogen (secondary N) is 2. The average molecular weight is 586 g/mol. The van der Waals surface area contributed by atoms with E-state index in [1.807, 2.05) is 42.5 Å². The number of allylic oxidation sites excluding steroid dienone is 1. The normalized spacial score (nSPS) is 19.3. The molecule has 228 valence electrons. The smallest absolute Gasteiger partial charge is 0.250 e. The van der Waals surface area contributed by atoms with Gasteiger partial charge in [-0.3, -0.25) is 14.5 Å². The van der Waals surface area contributed by atoms with Crippen molar-refractivity contribution < 1.29 is 23.9 Å². The Morgan fingerprint density at radius 1 is 0.953 bits per heavy atom. The Balaban J connectivity index is 1.13. The maximum Gasteiger partial charge on any atom is 0.250 e. The van der Waals surface area contributed by atoms with Crippen LogP contribution in [0.25, 0.3) is 10.8 Å². The summed E-state index contributed by atoms with van der Waals surface area (Å²) < 4.78 is 11.7. The largest absolute Gasteiger partial charge is 0.488 e. The molecule has 0 bridgehead atoms. The highest BCUT2D eigenvalue weighted by Gasteiger charge is 2.25. The predicted molar refractivity (Wildman–Crippen MR) is 167 cm³/mol. The Morgan fingerprint density at radius 2 is 1.79 bits per heavy atom. The van der Waals surface area contributed by atoms with Gasteiger partial charge in [-0.15, -0.1) is 0 Å². The third kappa shape index (κ3) is 9.64. The van der Waals surface area contributed by atoms with Crippen LogP contribution in [-0.2, 0) is 25.7 Å². The Kier molecular flexibility index (Phi) is 11.6. The van der Waals surface area contributed by atoms with Crippen molar-refractivity contribution in [1.29, 1.82) is 0 Å². The van der Waals surface area contributed by atoms with Gasteiger partial charge < -0.3 is 14.8 Å². The van der Waals surface area contributed by atoms with Crippen LogP contribution in [0.3, 0.4) is 0 Å². The van der Waals surface area contributed by atoms with Gasteiger partial charge >= 0.3 is 0 Å². The molecule has 2 N–H and O–H groups in total. The fourth-order valence-electron chi connectivity index (χ4n) is 5.60. The van der Waals surface area contributed by atoms with Gasteiger partial charge in [0, 0.05) is 50.5 Å². The number of carbonyl (C=O) groups is 2. The average Bonchev–Trinajstić information content (AvgIpc) is 3.48. The molecule has 2 aliphatic rings. The fraction of sp³-hybridized carbons (Fsp3) is 0.429. The minimum absolute atomic E-state index is 0.0917. The van der Waals surface area contributed by atoms with Crippen LogP contribution in [0.5, 0.6) is 5.75 Å². The number of hydroxylamine groups is 1. The van der Waals surface area contributed by atoms with Crippen LogP contribution in [-0.4, -0.2) is 55.3 Å². The first-order valence-corrected chi connectivity index (χ1v) is 15.6. The zero-order chi connectivity index (χ0) is 29.7. The van der Waals surface area contributed by atoms with E-state index in [2.05, 4.69) is 52.1 Å². The number of nitrogens with zero attached hydrogens (tertiary/aromatic N) is 1. The first kappa shape index (κ1) is 30.7. The zero-order valence-electron chi connectivity index (χ0n) is 24.8. The molecule has 0 aromatic heterocycles. The lowest BCUT2D eigenvalue weighted by atomic mass is 10.1. The van der Waals surface area contributed by atoms with E-state index in [1.54, 1.807) is 0 Å². The molecule has 2 saturated heterocycles. The molecule has 8 heteroatoms. The molecule has 2 heterocycles. The number of likely N-dealkylation sites (tertiary alicyclic amines) is 1. The lowest BCUT2D eigenvalue weighted by Gasteiger charge is -2.22. The van der Waals surface area contributed by atoms with E-state index in [0.29, 0.717) is 31.4 Å². The fourth-order valence-corrected chi connectivity index (χ4v) is 5.60. The minimum atomic E-state index is -0.353. The summed E-state index contributed by atoms with van der Waals surface area (Å²) in [5, 5.41) is 5.37. The molecule has 2 amide bonds. The molecular formula is C35H43N3O5. The number of ether oxygens (including phenoxy) is 2. The summed E-state index contributed by atoms with van der Waals surface area (Å²) in [4.78, 5) is 33.4. The van der Waals surface area contributed by atoms with Crippen molar-refractivity contribution in [3.05, 3.63) is 90.0 Å². The molecule has 2 fully saturated rings. The molecule has 0 saturated carbocycles. The first-order valence-electron chi connectivity index (χ1n) is 15.6. The third-order valence-electron chi connectivity index (χ3n) is 7.97. The SMILES string of the molecule is O=C(CCCCC=C(COc1cccc2ccccc12)C(=O)NC1CCN(Cc2ccccc2)C1)NOC1CCCCO1. The Morgan fingerprint density at radius 3 is 2.65 bits per heavy atom. The summed E-state index contributed by atoms with van der Waals surface area (Å²) in [5.74, 6) is 0.507. The van der Waals surface area contributed by atoms with Gasteiger partial charge in [0.05, 0.1) is 5.57 Å². The Hall–Kier alpha value is -3.72. The van der Waals surface area contributed by atoms with Crippen LogP contribution >= 0.6 is 0 Å². The van der Waals surface area contributed by atoms with Crippen molar-refractivity contribution in [1.82, 2.24) is 15.7 Å². The van der Waals surface area contributed by atoms with Crippen LogP contribution in [0.1, 0.15) is 56.9 Å². The third-order valence-corrected chi connectivity index (χ3v) is 7.97. The topological polar surface area (TPSA) is 89.1 Å². The number of hydrogen-bond acceptors (Lipinski definition) is 6. The first-order chi connectivity index (χ1) is 21.1. The van der Waals surface area contributed by atoms with Crippen LogP contribution in [0.15, 0.2) is 84.4 Å². The van der Waals surface area contributed by atoms with Gasteiger partial charge in [0.25, 0.3) is 5.91 Å². The van der Waals surface area contributed by atoms with E-state index in [0.717, 1.165) is 68.3 Å². The monoisotopic (exact) mass is 585 g/mol. The number of amides is 2. The highest BCUT2D eigenvalue weighted by molar-refractivity contribution is 5.94. The second kappa shape index (κ2) is 16.2. The summed E-state index contributed by atoms with van der Waals surface area (Å²) in [7, 11) is 0. The van der Waals surface area contributed by atoms with Gasteiger partial charge in [0.15, 0.2) is 6.29 Å². The quantitative estimate of drug-likeness (QED) is 0.144. The number of rotatable bonds is 14. The van der Waals surface area contributed by atoms with Crippen molar-refractivity contribution in [3.63, 3.8) is 0 Å². The Bertz CT molecular complexity index is 1350. The molecule has 0 radical (unpaired) electrons. The van der Waals surface area contributed by atoms with Crippen molar-refractivity contribution >= 4 is 22.6 Å². The number of carbonyl (C=O) groups excluding carboxylic acids is 2. The van der Waals surface area contributed by atoms with Crippen molar-refractivity contribution in [2.45, 2.75) is 70.2 Å². The molecular weight excluding hydrogens is 542 g/mol. The summed E-state index contributed by atoms with van der Waals surface area (Å²) in [6.07, 6.45) is 7.87. The van der Waals surface area contributed by atoms with E-state index in [4.69, 9.17) is 14.3 Å². The molecule has 0 spiro atoms. The number of hydrogen-bond donors (Lipinski definition) is 2. The van der Waals surface area contributed by atoms with Crippen molar-refractivity contribution in [3.8, 4) is 5.75 Å². The molecule has 5 rings (SSSR count). The van der Waals surface area contributed by atoms with Gasteiger partial charge in [-0.2, -0.15) is 0 Å². The molecule has 2 unspecified atom stereocenters. The van der Waals surface area contributed by atoms with Gasteiger partial charge in [0.1, 0.15) is 12.4 Å². The number of unbranched alkanes of at least 4 members (excludes halogenated alkanes) is 2. The zero-order valence-corrected chi connectivity index (χ0v) is 24.8. The molecule has 3 aromatic rings. The maximum absolute atomic E-state index is 13.5. The number of benzene rings is 3. The standard InChI is InChI=1S/C35H43N3O5/c39-33(37-43-34-20-9-10-23-41-34)19-6-2-5-15-29(26-42-32-18-11-16-28-14-7-8-17-31(28)32)35(40)36-30-21-22-38(25-30)24-27-12-3-1-4-13-27/h1,3-4,7-8,11-18,30,34H,2,5-6,9-10,19-26H2,(H,36,40)(H,37,39). The van der Waals surface area contributed by atoms with Crippen molar-refractivity contribution in [2.24, 2.45) is 0 Å². The van der Waals surface area contributed by atoms with E-state index in [1.165, 1.54) is 5.56 Å². The minimum Gasteiger partial charge on any atom is -0.488 e. The highest BCUT2D eigenvalue weighted by Crippen LogP contribution is 2.26. The van der Waals surface area contributed by atoms with Crippen LogP contribution < -0.4 is 15.5 Å². The summed E-state index contributed by atoms with van der Waals surface area (Å²) in [5.41, 5.74) is 4.40. The van der Waals surface area contributed by atoms with Gasteiger partial charge in [-0.05, 0) is 55.5 Å². The van der Waals surface area contributed by atoms with Crippen LogP contribution in [0, 0.1) is 0 Å². The Labute approximate surface area is 254 Å².